The molecule has 0 spiro atoms. The highest BCUT2D eigenvalue weighted by Gasteiger charge is 2.52. The summed E-state index contributed by atoms with van der Waals surface area (Å²) in [6, 6.07) is 0. The van der Waals surface area contributed by atoms with Crippen LogP contribution in [0.5, 0.6) is 0 Å². The van der Waals surface area contributed by atoms with Crippen LogP contribution in [0.25, 0.3) is 18.2 Å². The average Bonchev–Trinajstić information content (AvgIpc) is 3.53. The molecule has 0 bridgehead atoms. The fourth-order valence-electron chi connectivity index (χ4n) is 6.33. The molecule has 232 valence electrons. The maximum atomic E-state index is 12.6. The van der Waals surface area contributed by atoms with Crippen LogP contribution in [-0.2, 0) is 43.8 Å². The number of amides is 2. The Morgan fingerprint density at radius 1 is 1.05 bits per heavy atom. The number of carboxylic acid groups (broad SMARTS) is 2. The number of carbonyl (C=O) groups excluding carboxylic acids is 2. The van der Waals surface area contributed by atoms with Gasteiger partial charge in [0.1, 0.15) is 0 Å². The molecule has 3 aliphatic heterocycles. The van der Waals surface area contributed by atoms with Crippen LogP contribution in [0.1, 0.15) is 73.8 Å². The lowest BCUT2D eigenvalue weighted by Crippen LogP contribution is -2.25. The van der Waals surface area contributed by atoms with Crippen molar-refractivity contribution in [3.63, 3.8) is 0 Å². The minimum atomic E-state index is -0.956. The fourth-order valence-corrected chi connectivity index (χ4v) is 7.33. The van der Waals surface area contributed by atoms with Gasteiger partial charge in [-0.1, -0.05) is 19.9 Å². The number of aliphatic imine (C=N–C) groups is 1. The van der Waals surface area contributed by atoms with Crippen LogP contribution in [0.15, 0.2) is 21.8 Å². The Balaban J connectivity index is 1.62. The van der Waals surface area contributed by atoms with E-state index in [9.17, 15) is 29.4 Å². The zero-order valence-corrected chi connectivity index (χ0v) is 26.5. The van der Waals surface area contributed by atoms with E-state index in [1.165, 1.54) is 11.8 Å². The van der Waals surface area contributed by atoms with E-state index in [1.807, 2.05) is 46.8 Å². The normalized spacial score (nSPS) is 23.2. The smallest absolute Gasteiger partial charge is 0.307 e. The van der Waals surface area contributed by atoms with Crippen molar-refractivity contribution < 1.29 is 29.4 Å². The summed E-state index contributed by atoms with van der Waals surface area (Å²) in [6.45, 7) is 9.65. The summed E-state index contributed by atoms with van der Waals surface area (Å²) in [6.07, 6.45) is 6.60. The van der Waals surface area contributed by atoms with Crippen molar-refractivity contribution >= 4 is 59.5 Å². The first-order valence-electron chi connectivity index (χ1n) is 14.9. The number of rotatable bonds is 11. The van der Waals surface area contributed by atoms with Gasteiger partial charge in [-0.05, 0) is 85.0 Å². The molecule has 5 N–H and O–H groups in total. The minimum Gasteiger partial charge on any atom is -0.481 e. The predicted molar refractivity (Wildman–Crippen MR) is 172 cm³/mol. The number of hydrogen-bond donors (Lipinski definition) is 5. The van der Waals surface area contributed by atoms with E-state index in [2.05, 4.69) is 20.3 Å². The molecule has 2 aromatic heterocycles. The number of carbonyl (C=O) groups is 4. The minimum absolute atomic E-state index is 0.0131. The number of aliphatic carboxylic acids is 2. The van der Waals surface area contributed by atoms with Crippen LogP contribution in [-0.4, -0.2) is 60.6 Å². The predicted octanol–water partition coefficient (Wildman–Crippen LogP) is 2.23. The molecule has 0 unspecified atom stereocenters. The second-order valence-electron chi connectivity index (χ2n) is 11.8. The van der Waals surface area contributed by atoms with Gasteiger partial charge in [0.15, 0.2) is 11.0 Å². The monoisotopic (exact) mass is 619 g/mol. The highest BCUT2D eigenvalue weighted by Crippen LogP contribution is 2.37. The zero-order chi connectivity index (χ0) is 31.9. The molecule has 5 heterocycles. The second-order valence-corrected chi connectivity index (χ2v) is 13.2. The van der Waals surface area contributed by atoms with E-state index in [0.29, 0.717) is 46.8 Å². The van der Waals surface area contributed by atoms with Gasteiger partial charge in [-0.2, -0.15) is 0 Å². The number of nitrogens with one attached hydrogen (secondary N) is 3. The number of aromatic nitrogens is 2. The Morgan fingerprint density at radius 3 is 2.39 bits per heavy atom. The number of thiol groups is 1. The molecule has 0 saturated carbocycles. The first-order valence-corrected chi connectivity index (χ1v) is 16.1. The summed E-state index contributed by atoms with van der Waals surface area (Å²) in [5.74, 6) is -0.969. The molecule has 11 heteroatoms. The summed E-state index contributed by atoms with van der Waals surface area (Å²) in [5, 5.41) is 23.8. The number of carboxylic acids is 2. The average molecular weight is 620 g/mol. The summed E-state index contributed by atoms with van der Waals surface area (Å²) in [5.41, 5.74) is 8.09. The molecule has 2 amide bonds. The topological polar surface area (TPSA) is 165 Å². The van der Waals surface area contributed by atoms with Gasteiger partial charge in [-0.3, -0.25) is 19.2 Å². The van der Waals surface area contributed by atoms with E-state index in [4.69, 9.17) is 0 Å². The van der Waals surface area contributed by atoms with Gasteiger partial charge in [0, 0.05) is 52.5 Å². The maximum Gasteiger partial charge on any atom is 0.307 e. The lowest BCUT2D eigenvalue weighted by Gasteiger charge is -2.08. The number of aromatic amines is 2. The molecular formula is C33H39N4O6S+. The van der Waals surface area contributed by atoms with E-state index in [0.717, 1.165) is 50.3 Å². The molecule has 2 aromatic rings. The Hall–Kier alpha value is -4.12. The van der Waals surface area contributed by atoms with Crippen molar-refractivity contribution in [1.82, 2.24) is 15.3 Å². The van der Waals surface area contributed by atoms with Crippen LogP contribution < -0.4 is 15.9 Å². The third kappa shape index (κ3) is 6.24. The lowest BCUT2D eigenvalue weighted by atomic mass is 9.92. The van der Waals surface area contributed by atoms with Crippen LogP contribution >= 0.6 is 0 Å². The van der Waals surface area contributed by atoms with Gasteiger partial charge >= 0.3 is 11.9 Å². The molecule has 0 radical (unpaired) electrons. The van der Waals surface area contributed by atoms with Gasteiger partial charge in [-0.25, -0.2) is 4.99 Å². The fraction of sp³-hybridized carbons (Fsp3) is 0.424. The van der Waals surface area contributed by atoms with Crippen LogP contribution in [0.2, 0.25) is 0 Å². The summed E-state index contributed by atoms with van der Waals surface area (Å²) in [7, 11) is 0. The van der Waals surface area contributed by atoms with E-state index in [1.54, 1.807) is 6.08 Å². The second kappa shape index (κ2) is 12.5. The van der Waals surface area contributed by atoms with Gasteiger partial charge in [0.05, 0.1) is 18.1 Å². The van der Waals surface area contributed by atoms with Crippen molar-refractivity contribution in [2.45, 2.75) is 72.0 Å². The van der Waals surface area contributed by atoms with Gasteiger partial charge in [-0.15, -0.1) is 0 Å². The van der Waals surface area contributed by atoms with E-state index < -0.39 is 11.9 Å². The van der Waals surface area contributed by atoms with Crippen molar-refractivity contribution in [2.24, 2.45) is 16.8 Å². The number of hydrogen-bond acceptors (Lipinski definition) is 4. The highest BCUT2D eigenvalue weighted by atomic mass is 32.2. The molecular weight excluding hydrogens is 580 g/mol. The SMILES string of the molecule is CCC1=C(C)C(Cc2[nH]c(/C=c3\[nH]c(/C=C4\NC(=O)[C@H](C)[C@H]4[C@H]4C[SH+]4)c(C)\c3=C/CC(=O)O)c(CCC(=O)O)c2C)=NC1=O. The molecule has 44 heavy (non-hydrogen) atoms. The lowest BCUT2D eigenvalue weighted by molar-refractivity contribution is -0.137. The van der Waals surface area contributed by atoms with Gasteiger partial charge < -0.3 is 25.5 Å². The van der Waals surface area contributed by atoms with Crippen LogP contribution in [0.4, 0.5) is 0 Å². The highest BCUT2D eigenvalue weighted by molar-refractivity contribution is 7.86. The molecule has 10 nitrogen and oxygen atoms in total. The van der Waals surface area contributed by atoms with Crippen molar-refractivity contribution in [3.05, 3.63) is 61.2 Å². The molecule has 2 fully saturated rings. The van der Waals surface area contributed by atoms with Crippen molar-refractivity contribution in [2.75, 3.05) is 5.75 Å². The Bertz CT molecular complexity index is 1790. The third-order valence-corrected chi connectivity index (χ3v) is 10.1. The molecule has 2 saturated heterocycles. The molecule has 0 aliphatic carbocycles. The Morgan fingerprint density at radius 2 is 1.77 bits per heavy atom. The maximum absolute atomic E-state index is 12.6. The summed E-state index contributed by atoms with van der Waals surface area (Å²) >= 11 is 1.35. The standard InChI is InChI=1S/C33H38N4O6S/c1-6-19-15(2)24(36-33(19)43)11-22-16(3)20(7-9-29(38)39)25(34-22)13-26-21(8-10-30(40)41)17(4)23(35-26)12-27-31(28-14-44-28)18(5)32(42)37-27/h8,12-13,18,28,31,34-35H,6-7,9-11,14H2,1-5H3,(H,37,42)(H,38,39)(H,40,41)/p+1/b21-8+,26-13-,27-12-/t18-,28-,31-/m1/s1. The molecule has 3 aliphatic rings. The third-order valence-electron chi connectivity index (χ3n) is 9.01. The van der Waals surface area contributed by atoms with Gasteiger partial charge in [0.2, 0.25) is 5.91 Å². The van der Waals surface area contributed by atoms with Crippen molar-refractivity contribution in [3.8, 4) is 0 Å². The molecule has 3 atom stereocenters. The first-order chi connectivity index (χ1) is 20.9. The number of H-pyrrole nitrogens is 2. The summed E-state index contributed by atoms with van der Waals surface area (Å²) < 4.78 is 0. The number of allylic oxidation sites excluding steroid dienone is 2. The largest absolute Gasteiger partial charge is 0.481 e. The van der Waals surface area contributed by atoms with E-state index in [-0.39, 0.29) is 36.5 Å². The Kier molecular flexibility index (Phi) is 8.88. The number of nitrogens with zero attached hydrogens (tertiary/aromatic N) is 1. The van der Waals surface area contributed by atoms with Gasteiger partial charge in [0.25, 0.3) is 5.91 Å². The van der Waals surface area contributed by atoms with Crippen molar-refractivity contribution in [1.29, 1.82) is 0 Å². The molecule has 0 aromatic carbocycles. The zero-order valence-electron chi connectivity index (χ0n) is 25.6. The Labute approximate surface area is 259 Å². The van der Waals surface area contributed by atoms with Crippen LogP contribution in [0.3, 0.4) is 0 Å². The molecule has 5 rings (SSSR count). The first kappa shape index (κ1) is 31.3. The van der Waals surface area contributed by atoms with Crippen LogP contribution in [0, 0.1) is 25.7 Å². The van der Waals surface area contributed by atoms with E-state index >= 15 is 0 Å². The quantitative estimate of drug-likeness (QED) is 0.147. The summed E-state index contributed by atoms with van der Waals surface area (Å²) in [4.78, 5) is 59.2.